The molecule has 224 valence electrons. The van der Waals surface area contributed by atoms with Gasteiger partial charge in [0.15, 0.2) is 15.6 Å². The van der Waals surface area contributed by atoms with Crippen LogP contribution in [-0.2, 0) is 33.7 Å². The highest BCUT2D eigenvalue weighted by Crippen LogP contribution is 2.45. The highest BCUT2D eigenvalue weighted by molar-refractivity contribution is 7.92. The Bertz CT molecular complexity index is 1380. The predicted octanol–water partition coefficient (Wildman–Crippen LogP) is 5.61. The molecule has 1 aliphatic rings. The van der Waals surface area contributed by atoms with Crippen molar-refractivity contribution in [1.29, 1.82) is 0 Å². The van der Waals surface area contributed by atoms with E-state index in [1.54, 1.807) is 32.9 Å². The van der Waals surface area contributed by atoms with E-state index in [1.165, 1.54) is 26.0 Å². The van der Waals surface area contributed by atoms with Gasteiger partial charge in [-0.15, -0.1) is 0 Å². The van der Waals surface area contributed by atoms with Crippen molar-refractivity contribution in [1.82, 2.24) is 0 Å². The molecule has 11 heteroatoms. The predicted molar refractivity (Wildman–Crippen MR) is 154 cm³/mol. The number of esters is 2. The van der Waals surface area contributed by atoms with Gasteiger partial charge >= 0.3 is 11.9 Å². The van der Waals surface area contributed by atoms with Gasteiger partial charge in [0, 0.05) is 38.8 Å². The summed E-state index contributed by atoms with van der Waals surface area (Å²) in [5, 5.41) is 10.0. The monoisotopic (exact) mass is 589 g/mol. The fraction of sp³-hybridized carbons (Fsp3) is 0.500. The minimum Gasteiger partial charge on any atom is -0.462 e. The number of hydrogen-bond acceptors (Lipinski definition) is 9. The van der Waals surface area contributed by atoms with Gasteiger partial charge in [-0.25, -0.2) is 8.42 Å². The maximum atomic E-state index is 14.1. The Hall–Kier alpha value is -3.60. The summed E-state index contributed by atoms with van der Waals surface area (Å²) in [4.78, 5) is 46.1. The number of carbonyl (C=O) groups is 3. The molecule has 0 saturated carbocycles. The third-order valence-corrected chi connectivity index (χ3v) is 9.22. The first kappa shape index (κ1) is 33.6. The minimum atomic E-state index is -4.11. The first-order valence-corrected chi connectivity index (χ1v) is 14.9. The highest BCUT2D eigenvalue weighted by atomic mass is 32.2. The zero-order valence-electron chi connectivity index (χ0n) is 24.7. The van der Waals surface area contributed by atoms with Gasteiger partial charge in [0.25, 0.3) is 5.69 Å². The maximum Gasteiger partial charge on any atom is 0.303 e. The van der Waals surface area contributed by atoms with Gasteiger partial charge in [-0.3, -0.25) is 24.5 Å². The lowest BCUT2D eigenvalue weighted by molar-refractivity contribution is -0.384. The summed E-state index contributed by atoms with van der Waals surface area (Å²) in [7, 11) is -4.11. The zero-order valence-corrected chi connectivity index (χ0v) is 25.5. The summed E-state index contributed by atoms with van der Waals surface area (Å²) in [5.74, 6) is -1.05. The molecule has 0 bridgehead atoms. The number of nitrogens with zero attached hydrogens (tertiary/aromatic N) is 1. The number of sulfone groups is 1. The molecule has 0 heterocycles. The Morgan fingerprint density at radius 1 is 1.05 bits per heavy atom. The quantitative estimate of drug-likeness (QED) is 0.131. The second kappa shape index (κ2) is 13.8. The van der Waals surface area contributed by atoms with E-state index < -0.39 is 43.5 Å². The Kier molecular flexibility index (Phi) is 11.3. The molecule has 2 rings (SSSR count). The lowest BCUT2D eigenvalue weighted by atomic mass is 9.70. The third-order valence-electron chi connectivity index (χ3n) is 7.14. The van der Waals surface area contributed by atoms with Crippen LogP contribution in [0.15, 0.2) is 63.6 Å². The Morgan fingerprint density at radius 3 is 2.20 bits per heavy atom. The molecule has 1 aliphatic carbocycles. The van der Waals surface area contributed by atoms with E-state index in [1.807, 2.05) is 13.8 Å². The van der Waals surface area contributed by atoms with Gasteiger partial charge in [-0.2, -0.15) is 0 Å². The molecule has 0 spiro atoms. The number of rotatable bonds is 12. The molecule has 0 radical (unpaired) electrons. The van der Waals surface area contributed by atoms with Crippen LogP contribution in [0.5, 0.6) is 0 Å². The first-order chi connectivity index (χ1) is 19.0. The molecule has 2 atom stereocenters. The van der Waals surface area contributed by atoms with Crippen molar-refractivity contribution in [2.24, 2.45) is 5.41 Å². The van der Waals surface area contributed by atoms with E-state index in [4.69, 9.17) is 9.47 Å². The van der Waals surface area contributed by atoms with Crippen molar-refractivity contribution in [2.75, 3.05) is 6.61 Å². The number of ketones is 1. The summed E-state index contributed by atoms with van der Waals surface area (Å²) >= 11 is 0. The summed E-state index contributed by atoms with van der Waals surface area (Å²) < 4.78 is 38.7. The number of nitro groups is 1. The molecule has 0 amide bonds. The largest absolute Gasteiger partial charge is 0.462 e. The molecule has 2 unspecified atom stereocenters. The average molecular weight is 590 g/mol. The third kappa shape index (κ3) is 9.21. The molecule has 10 nitrogen and oxygen atoms in total. The molecular formula is C30H39NO9S. The lowest BCUT2D eigenvalue weighted by Crippen LogP contribution is -2.37. The van der Waals surface area contributed by atoms with Crippen molar-refractivity contribution in [3.05, 3.63) is 68.8 Å². The second-order valence-electron chi connectivity index (χ2n) is 11.1. The number of non-ortho nitro benzene ring substituents is 1. The molecule has 1 aromatic rings. The summed E-state index contributed by atoms with van der Waals surface area (Å²) in [6.45, 7) is 11.7. The van der Waals surface area contributed by atoms with E-state index in [-0.39, 0.29) is 29.4 Å². The number of benzene rings is 1. The zero-order chi connectivity index (χ0) is 31.1. The van der Waals surface area contributed by atoms with Crippen LogP contribution in [0, 0.1) is 15.5 Å². The van der Waals surface area contributed by atoms with Crippen LogP contribution in [0.1, 0.15) is 74.1 Å². The van der Waals surface area contributed by atoms with Crippen LogP contribution in [0.25, 0.3) is 0 Å². The number of Topliss-reactive ketones (excluding diaryl/α,β-unsaturated/α-hetero) is 1. The van der Waals surface area contributed by atoms with Crippen molar-refractivity contribution in [3.63, 3.8) is 0 Å². The Labute approximate surface area is 241 Å². The standard InChI is InChI=1S/C30H39NO9S/c1-19(13-15-39-22(4)32)16-25(40-23(5)33)17-20(2)18-28(29-21(3)27(34)12-14-30(29,6)7)41(37,38)26-10-8-24(9-11-26)31(35)36/h8-11,13,17,25,28H,12,14-16,18H2,1-7H3/b19-13+,20-17+. The Balaban J connectivity index is 2.57. The van der Waals surface area contributed by atoms with Crippen LogP contribution >= 0.6 is 0 Å². The minimum absolute atomic E-state index is 0.0106. The van der Waals surface area contributed by atoms with Crippen LogP contribution < -0.4 is 0 Å². The van der Waals surface area contributed by atoms with Crippen molar-refractivity contribution < 1.29 is 37.2 Å². The van der Waals surface area contributed by atoms with Crippen molar-refractivity contribution >= 4 is 33.2 Å². The van der Waals surface area contributed by atoms with E-state index in [9.17, 15) is 32.9 Å². The number of carbonyl (C=O) groups excluding carboxylic acids is 3. The van der Waals surface area contributed by atoms with E-state index in [0.29, 0.717) is 36.0 Å². The van der Waals surface area contributed by atoms with E-state index in [2.05, 4.69) is 0 Å². The van der Waals surface area contributed by atoms with Crippen molar-refractivity contribution in [2.45, 2.75) is 90.4 Å². The molecule has 1 aromatic carbocycles. The molecular weight excluding hydrogens is 550 g/mol. The van der Waals surface area contributed by atoms with Crippen molar-refractivity contribution in [3.8, 4) is 0 Å². The average Bonchev–Trinajstić information content (AvgIpc) is 2.85. The lowest BCUT2D eigenvalue weighted by Gasteiger charge is -2.38. The van der Waals surface area contributed by atoms with Gasteiger partial charge in [0.05, 0.1) is 15.1 Å². The van der Waals surface area contributed by atoms with Gasteiger partial charge < -0.3 is 9.47 Å². The topological polar surface area (TPSA) is 147 Å². The van der Waals surface area contributed by atoms with Gasteiger partial charge in [0.1, 0.15) is 12.7 Å². The molecule has 0 N–H and O–H groups in total. The fourth-order valence-electron chi connectivity index (χ4n) is 5.10. The molecule has 0 fully saturated rings. The molecule has 0 aliphatic heterocycles. The maximum absolute atomic E-state index is 14.1. The SMILES string of the molecule is CC(=O)OC/C=C(\C)CC(/C=C(\C)CC(C1=C(C)C(=O)CCC1(C)C)S(=O)(=O)c1ccc([N+](=O)[O-])cc1)OC(C)=O. The van der Waals surface area contributed by atoms with Crippen LogP contribution in [0.3, 0.4) is 0 Å². The van der Waals surface area contributed by atoms with Crippen LogP contribution in [-0.4, -0.2) is 49.0 Å². The van der Waals surface area contributed by atoms with E-state index >= 15 is 0 Å². The normalized spacial score (nSPS) is 17.6. The van der Waals surface area contributed by atoms with Gasteiger partial charge in [-0.1, -0.05) is 25.0 Å². The fourth-order valence-corrected chi connectivity index (χ4v) is 7.23. The first-order valence-electron chi connectivity index (χ1n) is 13.3. The smallest absolute Gasteiger partial charge is 0.303 e. The van der Waals surface area contributed by atoms with Gasteiger partial charge in [0.2, 0.25) is 0 Å². The number of ether oxygens (including phenoxy) is 2. The van der Waals surface area contributed by atoms with Crippen LogP contribution in [0.2, 0.25) is 0 Å². The summed E-state index contributed by atoms with van der Waals surface area (Å²) in [5.41, 5.74) is 1.51. The van der Waals surface area contributed by atoms with Crippen LogP contribution in [0.4, 0.5) is 5.69 Å². The summed E-state index contributed by atoms with van der Waals surface area (Å²) in [6.07, 6.45) is 3.79. The van der Waals surface area contributed by atoms with E-state index in [0.717, 1.165) is 17.7 Å². The molecule has 41 heavy (non-hydrogen) atoms. The number of nitro benzene ring substituents is 1. The number of hydrogen-bond donors (Lipinski definition) is 0. The Morgan fingerprint density at radius 2 is 1.66 bits per heavy atom. The summed E-state index contributed by atoms with van der Waals surface area (Å²) in [6, 6.07) is 4.72. The molecule has 0 saturated heterocycles. The van der Waals surface area contributed by atoms with Gasteiger partial charge in [-0.05, 0) is 74.5 Å². The molecule has 0 aromatic heterocycles. The second-order valence-corrected chi connectivity index (χ2v) is 13.2. The highest BCUT2D eigenvalue weighted by Gasteiger charge is 2.42. The number of allylic oxidation sites excluding steroid dienone is 2.